The van der Waals surface area contributed by atoms with Crippen LogP contribution in [0.15, 0.2) is 41.3 Å². The van der Waals surface area contributed by atoms with E-state index in [4.69, 9.17) is 0 Å². The molecule has 2 N–H and O–H groups in total. The predicted octanol–water partition coefficient (Wildman–Crippen LogP) is 2.90. The molecule has 2 aliphatic heterocycles. The van der Waals surface area contributed by atoms with Crippen molar-refractivity contribution in [2.24, 2.45) is 7.05 Å². The minimum absolute atomic E-state index is 0.0147. The number of halogens is 2. The maximum atomic E-state index is 14.2. The molecule has 2 aromatic heterocycles. The molecule has 4 heterocycles. The molecule has 2 amide bonds. The number of benzene rings is 1. The number of aryl methyl sites for hydroxylation is 1. The van der Waals surface area contributed by atoms with Crippen LogP contribution in [-0.4, -0.2) is 57.3 Å². The Morgan fingerprint density at radius 1 is 1.09 bits per heavy atom. The molecule has 0 bridgehead atoms. The summed E-state index contributed by atoms with van der Waals surface area (Å²) in [6.45, 7) is 2.22. The number of nitrogens with zero attached hydrogens (tertiary/aromatic N) is 4. The largest absolute Gasteiger partial charge is 0.334 e. The number of hydrogen-bond donors (Lipinski definition) is 2. The van der Waals surface area contributed by atoms with Crippen molar-refractivity contribution < 1.29 is 13.6 Å². The summed E-state index contributed by atoms with van der Waals surface area (Å²) < 4.78 is 31.2. The van der Waals surface area contributed by atoms with Crippen LogP contribution in [0, 0.1) is 11.6 Å². The number of nitrogens with one attached hydrogen (secondary N) is 2. The summed E-state index contributed by atoms with van der Waals surface area (Å²) >= 11 is 0. The van der Waals surface area contributed by atoms with Gasteiger partial charge in [-0.3, -0.25) is 9.13 Å². The second-order valence-corrected chi connectivity index (χ2v) is 9.50. The van der Waals surface area contributed by atoms with E-state index in [0.29, 0.717) is 63.1 Å². The van der Waals surface area contributed by atoms with Crippen molar-refractivity contribution >= 4 is 17.2 Å². The zero-order valence-corrected chi connectivity index (χ0v) is 19.7. The molecule has 3 aromatic rings. The van der Waals surface area contributed by atoms with E-state index in [1.54, 1.807) is 33.3 Å². The van der Waals surface area contributed by atoms with Crippen LogP contribution in [-0.2, 0) is 7.05 Å². The molecular weight excluding hydrogens is 454 g/mol. The quantitative estimate of drug-likeness (QED) is 0.599. The maximum Gasteiger partial charge on any atom is 0.330 e. The summed E-state index contributed by atoms with van der Waals surface area (Å²) in [5.74, 6) is -1.76. The number of rotatable bonds is 3. The molecule has 0 unspecified atom stereocenters. The van der Waals surface area contributed by atoms with Gasteiger partial charge in [0, 0.05) is 51.5 Å². The van der Waals surface area contributed by atoms with Crippen molar-refractivity contribution in [2.45, 2.75) is 43.7 Å². The van der Waals surface area contributed by atoms with Crippen molar-refractivity contribution in [1.82, 2.24) is 29.7 Å². The molecule has 2 aliphatic rings. The van der Waals surface area contributed by atoms with E-state index in [1.165, 1.54) is 6.07 Å². The zero-order chi connectivity index (χ0) is 24.5. The van der Waals surface area contributed by atoms with Gasteiger partial charge in [0.15, 0.2) is 17.3 Å². The lowest BCUT2D eigenvalue weighted by Gasteiger charge is -2.33. The summed E-state index contributed by atoms with van der Waals surface area (Å²) in [5.41, 5.74) is 1.77. The highest BCUT2D eigenvalue weighted by molar-refractivity contribution is 5.75. The number of fused-ring (bicyclic) bond motifs is 1. The van der Waals surface area contributed by atoms with Crippen molar-refractivity contribution in [3.63, 3.8) is 0 Å². The number of carbonyl (C=O) groups excluding carboxylic acids is 1. The van der Waals surface area contributed by atoms with Crippen LogP contribution in [0.2, 0.25) is 0 Å². The van der Waals surface area contributed by atoms with Crippen molar-refractivity contribution in [2.75, 3.05) is 26.2 Å². The first-order valence-electron chi connectivity index (χ1n) is 12.2. The third-order valence-corrected chi connectivity index (χ3v) is 7.35. The lowest BCUT2D eigenvalue weighted by molar-refractivity contribution is 0.167. The van der Waals surface area contributed by atoms with Gasteiger partial charge < -0.3 is 15.5 Å². The number of pyridine rings is 1. The van der Waals surface area contributed by atoms with Gasteiger partial charge in [-0.05, 0) is 55.4 Å². The van der Waals surface area contributed by atoms with Crippen LogP contribution in [0.1, 0.15) is 43.2 Å². The molecule has 35 heavy (non-hydrogen) atoms. The van der Waals surface area contributed by atoms with Gasteiger partial charge >= 0.3 is 11.7 Å². The first kappa shape index (κ1) is 23.5. The fraction of sp³-hybridized carbons (Fsp3) is 0.480. The number of piperidine rings is 1. The van der Waals surface area contributed by atoms with E-state index in [2.05, 4.69) is 15.6 Å². The Kier molecular flexibility index (Phi) is 6.55. The molecule has 0 radical (unpaired) electrons. The Morgan fingerprint density at radius 3 is 2.69 bits per heavy atom. The fourth-order valence-electron chi connectivity index (χ4n) is 5.40. The Hall–Kier alpha value is -3.27. The van der Waals surface area contributed by atoms with Gasteiger partial charge in [-0.25, -0.2) is 23.4 Å². The minimum atomic E-state index is -0.831. The second-order valence-electron chi connectivity index (χ2n) is 9.50. The number of imidazole rings is 1. The molecular formula is C25H30F2N6O2. The van der Waals surface area contributed by atoms with Gasteiger partial charge in [-0.1, -0.05) is 12.1 Å². The molecule has 0 saturated carbocycles. The van der Waals surface area contributed by atoms with Crippen LogP contribution in [0.4, 0.5) is 13.6 Å². The lowest BCUT2D eigenvalue weighted by Crippen LogP contribution is -2.50. The van der Waals surface area contributed by atoms with Gasteiger partial charge in [-0.15, -0.1) is 0 Å². The van der Waals surface area contributed by atoms with E-state index in [-0.39, 0.29) is 29.7 Å². The molecule has 0 spiro atoms. The molecule has 186 valence electrons. The molecule has 10 heteroatoms. The number of hydrogen-bond acceptors (Lipinski definition) is 4. The molecule has 2 saturated heterocycles. The fourth-order valence-corrected chi connectivity index (χ4v) is 5.40. The van der Waals surface area contributed by atoms with Gasteiger partial charge in [-0.2, -0.15) is 0 Å². The van der Waals surface area contributed by atoms with Crippen LogP contribution in [0.25, 0.3) is 11.2 Å². The summed E-state index contributed by atoms with van der Waals surface area (Å²) in [6.07, 6.45) is 4.38. The second kappa shape index (κ2) is 9.77. The smallest absolute Gasteiger partial charge is 0.330 e. The minimum Gasteiger partial charge on any atom is -0.334 e. The molecule has 8 nitrogen and oxygen atoms in total. The predicted molar refractivity (Wildman–Crippen MR) is 128 cm³/mol. The zero-order valence-electron chi connectivity index (χ0n) is 19.7. The topological polar surface area (TPSA) is 84.2 Å². The highest BCUT2D eigenvalue weighted by atomic mass is 19.2. The van der Waals surface area contributed by atoms with E-state index in [0.717, 1.165) is 11.6 Å². The first-order chi connectivity index (χ1) is 16.9. The highest BCUT2D eigenvalue weighted by Gasteiger charge is 2.29. The summed E-state index contributed by atoms with van der Waals surface area (Å²) in [5, 5.41) is 6.39. The lowest BCUT2D eigenvalue weighted by atomic mass is 9.93. The Balaban J connectivity index is 1.18. The average Bonchev–Trinajstić information content (AvgIpc) is 3.00. The van der Waals surface area contributed by atoms with Gasteiger partial charge in [0.05, 0.1) is 5.52 Å². The summed E-state index contributed by atoms with van der Waals surface area (Å²) in [6, 6.07) is 7.82. The van der Waals surface area contributed by atoms with Gasteiger partial charge in [0.1, 0.15) is 0 Å². The number of likely N-dealkylation sites (tertiary alicyclic amines) is 1. The van der Waals surface area contributed by atoms with Crippen LogP contribution >= 0.6 is 0 Å². The molecule has 5 rings (SSSR count). The third kappa shape index (κ3) is 4.54. The Bertz CT molecular complexity index is 1280. The standard InChI is InChI=1S/C25H30F2N6O2/c1-31-23-21(6-3-11-29-23)33(25(31)35)18-9-12-32(13-10-18)24(34)30-17-8-7-16(14-28-15-17)19-4-2-5-20(26)22(19)27/h2-6,11,16-18,28H,7-10,12-15H2,1H3,(H,30,34)/t16-,17-/m1/s1. The number of aromatic nitrogens is 3. The van der Waals surface area contributed by atoms with Crippen molar-refractivity contribution in [3.05, 3.63) is 64.2 Å². The van der Waals surface area contributed by atoms with E-state index < -0.39 is 11.6 Å². The van der Waals surface area contributed by atoms with Crippen LogP contribution < -0.4 is 16.3 Å². The number of urea groups is 1. The van der Waals surface area contributed by atoms with E-state index >= 15 is 0 Å². The van der Waals surface area contributed by atoms with Crippen LogP contribution in [0.3, 0.4) is 0 Å². The maximum absolute atomic E-state index is 14.2. The SMILES string of the molecule is Cn1c(=O)n(C2CCN(C(=O)N[C@@H]3CC[C@@H](c4cccc(F)c4F)CNC3)CC2)c2cccnc21. The van der Waals surface area contributed by atoms with Gasteiger partial charge in [0.2, 0.25) is 0 Å². The Morgan fingerprint density at radius 2 is 1.89 bits per heavy atom. The monoisotopic (exact) mass is 484 g/mol. The first-order valence-corrected chi connectivity index (χ1v) is 12.2. The van der Waals surface area contributed by atoms with E-state index in [9.17, 15) is 18.4 Å². The Labute approximate surface area is 201 Å². The summed E-state index contributed by atoms with van der Waals surface area (Å²) in [7, 11) is 1.73. The number of carbonyl (C=O) groups is 1. The van der Waals surface area contributed by atoms with Crippen molar-refractivity contribution in [1.29, 1.82) is 0 Å². The molecule has 2 atom stereocenters. The van der Waals surface area contributed by atoms with Crippen LogP contribution in [0.5, 0.6) is 0 Å². The molecule has 2 fully saturated rings. The van der Waals surface area contributed by atoms with Gasteiger partial charge in [0.25, 0.3) is 0 Å². The van der Waals surface area contributed by atoms with E-state index in [1.807, 2.05) is 12.1 Å². The molecule has 1 aromatic carbocycles. The normalized spacial score (nSPS) is 21.7. The third-order valence-electron chi connectivity index (χ3n) is 7.35. The summed E-state index contributed by atoms with van der Waals surface area (Å²) in [4.78, 5) is 31.9. The molecule has 0 aliphatic carbocycles. The highest BCUT2D eigenvalue weighted by Crippen LogP contribution is 2.28. The van der Waals surface area contributed by atoms with Crippen molar-refractivity contribution in [3.8, 4) is 0 Å². The average molecular weight is 485 g/mol. The number of amides is 2.